The molecule has 0 radical (unpaired) electrons. The van der Waals surface area contributed by atoms with E-state index in [2.05, 4.69) is 4.84 Å². The Hall–Kier alpha value is -0.170. The van der Waals surface area contributed by atoms with Crippen LogP contribution in [-0.2, 0) is 14.9 Å². The Morgan fingerprint density at radius 1 is 1.64 bits per heavy atom. The van der Waals surface area contributed by atoms with Crippen LogP contribution in [0, 0.1) is 0 Å². The van der Waals surface area contributed by atoms with Gasteiger partial charge in [0.05, 0.1) is 11.9 Å². The van der Waals surface area contributed by atoms with Crippen LogP contribution in [0.5, 0.6) is 0 Å². The van der Waals surface area contributed by atoms with Crippen LogP contribution >= 0.6 is 0 Å². The van der Waals surface area contributed by atoms with E-state index >= 15 is 0 Å². The number of likely N-dealkylation sites (N-methyl/N-ethyl adjacent to an activating group) is 1. The average Bonchev–Trinajstić information content (AvgIpc) is 1.95. The minimum Gasteiger partial charge on any atom is -0.300 e. The molecular weight excluding hydrogens is 168 g/mol. The summed E-state index contributed by atoms with van der Waals surface area (Å²) in [4.78, 5) is 4.55. The van der Waals surface area contributed by atoms with Crippen LogP contribution in [0.3, 0.4) is 0 Å². The fraction of sp³-hybridized carbons (Fsp3) is 1.00. The third-order valence-corrected chi connectivity index (χ3v) is 3.68. The maximum atomic E-state index is 11.1. The molecule has 0 amide bonds. The summed E-state index contributed by atoms with van der Waals surface area (Å²) in [5.74, 6) is 5.06. The van der Waals surface area contributed by atoms with Crippen molar-refractivity contribution in [1.29, 1.82) is 0 Å². The van der Waals surface area contributed by atoms with E-state index in [-0.39, 0.29) is 11.9 Å². The Morgan fingerprint density at radius 3 is 2.73 bits per heavy atom. The van der Waals surface area contributed by atoms with Gasteiger partial charge in [-0.2, -0.15) is 0 Å². The van der Waals surface area contributed by atoms with Gasteiger partial charge in [0.15, 0.2) is 0 Å². The zero-order valence-electron chi connectivity index (χ0n) is 6.36. The van der Waals surface area contributed by atoms with Crippen molar-refractivity contribution in [3.05, 3.63) is 0 Å². The summed E-state index contributed by atoms with van der Waals surface area (Å²) in [7, 11) is -1.48. The van der Waals surface area contributed by atoms with Crippen LogP contribution in [0.4, 0.5) is 0 Å². The van der Waals surface area contributed by atoms with E-state index < -0.39 is 10.0 Å². The van der Waals surface area contributed by atoms with E-state index in [9.17, 15) is 8.42 Å². The summed E-state index contributed by atoms with van der Waals surface area (Å²) in [6.07, 6.45) is 0.340. The topological polar surface area (TPSA) is 72.6 Å². The van der Waals surface area contributed by atoms with Gasteiger partial charge < -0.3 is 0 Å². The minimum atomic E-state index is -3.01. The fourth-order valence-electron chi connectivity index (χ4n) is 1.04. The second kappa shape index (κ2) is 3.06. The van der Waals surface area contributed by atoms with Gasteiger partial charge in [0.1, 0.15) is 0 Å². The Balaban J connectivity index is 2.62. The third-order valence-electron chi connectivity index (χ3n) is 1.83. The van der Waals surface area contributed by atoms with Crippen molar-refractivity contribution in [3.63, 3.8) is 0 Å². The van der Waals surface area contributed by atoms with E-state index in [1.807, 2.05) is 0 Å². The first kappa shape index (κ1) is 8.92. The van der Waals surface area contributed by atoms with Crippen molar-refractivity contribution in [1.82, 2.24) is 4.31 Å². The summed E-state index contributed by atoms with van der Waals surface area (Å²) in [5, 5.41) is 0. The van der Waals surface area contributed by atoms with Gasteiger partial charge in [-0.1, -0.05) is 0 Å². The highest BCUT2D eigenvalue weighted by Gasteiger charge is 2.28. The lowest BCUT2D eigenvalue weighted by Crippen LogP contribution is -2.44. The van der Waals surface area contributed by atoms with Crippen LogP contribution < -0.4 is 5.90 Å². The monoisotopic (exact) mass is 180 g/mol. The molecule has 0 aromatic rings. The highest BCUT2D eigenvalue weighted by Crippen LogP contribution is 2.12. The summed E-state index contributed by atoms with van der Waals surface area (Å²) >= 11 is 0. The molecule has 0 aromatic carbocycles. The highest BCUT2D eigenvalue weighted by molar-refractivity contribution is 7.89. The number of nitrogens with zero attached hydrogens (tertiary/aromatic N) is 1. The van der Waals surface area contributed by atoms with Gasteiger partial charge in [0.25, 0.3) is 0 Å². The van der Waals surface area contributed by atoms with Crippen LogP contribution in [0.2, 0.25) is 0 Å². The van der Waals surface area contributed by atoms with E-state index in [1.54, 1.807) is 0 Å². The third kappa shape index (κ3) is 1.90. The molecule has 1 heterocycles. The lowest BCUT2D eigenvalue weighted by molar-refractivity contribution is 0.0363. The molecule has 0 bridgehead atoms. The highest BCUT2D eigenvalue weighted by atomic mass is 32.2. The van der Waals surface area contributed by atoms with Gasteiger partial charge in [-0.3, -0.25) is 4.84 Å². The zero-order chi connectivity index (χ0) is 8.48. The molecule has 2 N–H and O–H groups in total. The maximum absolute atomic E-state index is 11.1. The van der Waals surface area contributed by atoms with Gasteiger partial charge in [-0.05, 0) is 6.42 Å². The van der Waals surface area contributed by atoms with Crippen molar-refractivity contribution in [2.24, 2.45) is 5.90 Å². The van der Waals surface area contributed by atoms with Crippen molar-refractivity contribution < 1.29 is 13.3 Å². The van der Waals surface area contributed by atoms with Crippen LogP contribution in [0.15, 0.2) is 0 Å². The molecule has 6 heteroatoms. The van der Waals surface area contributed by atoms with Crippen LogP contribution in [0.25, 0.3) is 0 Å². The molecule has 0 aliphatic carbocycles. The van der Waals surface area contributed by atoms with Gasteiger partial charge in [-0.25, -0.2) is 18.6 Å². The lowest BCUT2D eigenvalue weighted by Gasteiger charge is -2.27. The van der Waals surface area contributed by atoms with E-state index in [0.29, 0.717) is 13.0 Å². The predicted molar refractivity (Wildman–Crippen MR) is 40.1 cm³/mol. The van der Waals surface area contributed by atoms with Gasteiger partial charge >= 0.3 is 0 Å². The molecule has 1 saturated heterocycles. The smallest absolute Gasteiger partial charge is 0.214 e. The summed E-state index contributed by atoms with van der Waals surface area (Å²) < 4.78 is 23.4. The van der Waals surface area contributed by atoms with E-state index in [4.69, 9.17) is 5.90 Å². The quantitative estimate of drug-likeness (QED) is 0.520. The average molecular weight is 180 g/mol. The van der Waals surface area contributed by atoms with Gasteiger partial charge in [0, 0.05) is 13.6 Å². The lowest BCUT2D eigenvalue weighted by atomic mass is 10.3. The first-order valence-corrected chi connectivity index (χ1v) is 4.97. The number of nitrogens with two attached hydrogens (primary N) is 1. The molecule has 0 aromatic heterocycles. The molecule has 5 nitrogen and oxygen atoms in total. The summed E-state index contributed by atoms with van der Waals surface area (Å²) in [6.45, 7) is 0.360. The molecule has 1 unspecified atom stereocenters. The minimum absolute atomic E-state index is 0.130. The summed E-state index contributed by atoms with van der Waals surface area (Å²) in [6, 6.07) is 0. The normalized spacial score (nSPS) is 32.0. The first-order chi connectivity index (χ1) is 5.06. The van der Waals surface area contributed by atoms with E-state index in [1.165, 1.54) is 11.4 Å². The molecule has 0 saturated carbocycles. The standard InChI is InChI=1S/C5H12N2O3S/c1-7-4-5(10-6)2-3-11(7,8)9/h5H,2-4,6H2,1H3. The van der Waals surface area contributed by atoms with Crippen molar-refractivity contribution in [2.45, 2.75) is 12.5 Å². The molecular formula is C5H12N2O3S. The Bertz CT molecular complexity index is 226. The zero-order valence-corrected chi connectivity index (χ0v) is 7.17. The van der Waals surface area contributed by atoms with E-state index in [0.717, 1.165) is 0 Å². The molecule has 11 heavy (non-hydrogen) atoms. The predicted octanol–water partition coefficient (Wildman–Crippen LogP) is -1.09. The molecule has 1 fully saturated rings. The molecule has 66 valence electrons. The molecule has 0 spiro atoms. The fourth-order valence-corrected chi connectivity index (χ4v) is 2.30. The number of hydrogen-bond donors (Lipinski definition) is 1. The largest absolute Gasteiger partial charge is 0.300 e. The number of sulfonamides is 1. The number of hydrogen-bond acceptors (Lipinski definition) is 4. The molecule has 1 aliphatic heterocycles. The second-order valence-corrected chi connectivity index (χ2v) is 4.84. The van der Waals surface area contributed by atoms with Crippen molar-refractivity contribution in [2.75, 3.05) is 19.3 Å². The van der Waals surface area contributed by atoms with Crippen LogP contribution in [0.1, 0.15) is 6.42 Å². The van der Waals surface area contributed by atoms with Crippen LogP contribution in [-0.4, -0.2) is 38.2 Å². The summed E-state index contributed by atoms with van der Waals surface area (Å²) in [5.41, 5.74) is 0. The molecule has 1 aliphatic rings. The Morgan fingerprint density at radius 2 is 2.27 bits per heavy atom. The Labute approximate surface area is 66.1 Å². The maximum Gasteiger partial charge on any atom is 0.214 e. The molecule has 1 atom stereocenters. The molecule has 1 rings (SSSR count). The number of rotatable bonds is 1. The Kier molecular flexibility index (Phi) is 2.48. The second-order valence-electron chi connectivity index (χ2n) is 2.64. The first-order valence-electron chi connectivity index (χ1n) is 3.36. The van der Waals surface area contributed by atoms with Gasteiger partial charge in [-0.15, -0.1) is 0 Å². The van der Waals surface area contributed by atoms with Crippen molar-refractivity contribution >= 4 is 10.0 Å². The van der Waals surface area contributed by atoms with Gasteiger partial charge in [0.2, 0.25) is 10.0 Å². The SMILES string of the molecule is CN1CC(ON)CCS1(=O)=O. The van der Waals surface area contributed by atoms with Crippen molar-refractivity contribution in [3.8, 4) is 0 Å².